The van der Waals surface area contributed by atoms with Gasteiger partial charge in [0.05, 0.1) is 5.41 Å². The topological polar surface area (TPSA) is 64.6 Å². The van der Waals surface area contributed by atoms with Crippen LogP contribution in [0.2, 0.25) is 0 Å². The molecule has 3 atom stereocenters. The van der Waals surface area contributed by atoms with Crippen LogP contribution in [0.5, 0.6) is 5.75 Å². The average molecular weight is 534 g/mol. The predicted octanol–water partition coefficient (Wildman–Crippen LogP) is 5.88. The maximum absolute atomic E-state index is 13.1. The van der Waals surface area contributed by atoms with Gasteiger partial charge in [-0.1, -0.05) is 18.9 Å². The van der Waals surface area contributed by atoms with Gasteiger partial charge in [-0.2, -0.15) is 13.2 Å². The molecule has 0 amide bonds. The van der Waals surface area contributed by atoms with E-state index in [2.05, 4.69) is 23.5 Å². The second-order valence-electron chi connectivity index (χ2n) is 12.9. The van der Waals surface area contributed by atoms with Crippen LogP contribution in [0.15, 0.2) is 18.2 Å². The number of aldehydes is 1. The molecule has 0 radical (unpaired) electrons. The first-order chi connectivity index (χ1) is 18.2. The summed E-state index contributed by atoms with van der Waals surface area (Å²) >= 11 is 0. The number of rotatable bonds is 4. The number of piperidine rings is 1. The van der Waals surface area contributed by atoms with Gasteiger partial charge in [0.2, 0.25) is 13.1 Å². The average Bonchev–Trinajstić information content (AvgIpc) is 2.88. The van der Waals surface area contributed by atoms with Crippen molar-refractivity contribution in [2.24, 2.45) is 29.1 Å². The summed E-state index contributed by atoms with van der Waals surface area (Å²) in [5, 5.41) is 3.81. The Kier molecular flexibility index (Phi) is 6.76. The highest BCUT2D eigenvalue weighted by molar-refractivity contribution is 5.77. The lowest BCUT2D eigenvalue weighted by molar-refractivity contribution is -0.177. The van der Waals surface area contributed by atoms with E-state index in [4.69, 9.17) is 14.3 Å². The van der Waals surface area contributed by atoms with Gasteiger partial charge in [-0.05, 0) is 118 Å². The van der Waals surface area contributed by atoms with Gasteiger partial charge >= 0.3 is 12.1 Å². The first-order valence-corrected chi connectivity index (χ1v) is 14.4. The van der Waals surface area contributed by atoms with Crippen molar-refractivity contribution in [3.8, 4) is 5.75 Å². The summed E-state index contributed by atoms with van der Waals surface area (Å²) in [6.45, 7) is 1.19. The Labute approximate surface area is 222 Å². The van der Waals surface area contributed by atoms with Crippen LogP contribution in [0.25, 0.3) is 0 Å². The van der Waals surface area contributed by atoms with Crippen LogP contribution in [-0.2, 0) is 26.2 Å². The molecule has 0 unspecified atom stereocenters. The smallest absolute Gasteiger partial charge is 0.446 e. The largest absolute Gasteiger partial charge is 0.457 e. The molecule has 0 aromatic heterocycles. The van der Waals surface area contributed by atoms with Crippen LogP contribution in [0.3, 0.4) is 0 Å². The summed E-state index contributed by atoms with van der Waals surface area (Å²) in [6.07, 6.45) is 9.25. The predicted molar refractivity (Wildman–Crippen MR) is 135 cm³/mol. The lowest BCUT2D eigenvalue weighted by Crippen LogP contribution is -2.59. The molecule has 1 aromatic rings. The van der Waals surface area contributed by atoms with Crippen molar-refractivity contribution in [3.63, 3.8) is 0 Å². The van der Waals surface area contributed by atoms with Gasteiger partial charge in [0.15, 0.2) is 0 Å². The van der Waals surface area contributed by atoms with Crippen molar-refractivity contribution in [3.05, 3.63) is 29.3 Å². The molecule has 6 fully saturated rings. The molecule has 1 saturated heterocycles. The zero-order valence-electron chi connectivity index (χ0n) is 21.9. The molecular formula is C30H38F3NO4. The van der Waals surface area contributed by atoms with E-state index in [1.807, 2.05) is 0 Å². The first kappa shape index (κ1) is 26.1. The number of hydrogen-bond donors (Lipinski definition) is 1. The van der Waals surface area contributed by atoms with Gasteiger partial charge in [-0.15, -0.1) is 0 Å². The Morgan fingerprint density at radius 2 is 1.74 bits per heavy atom. The SMILES string of the molecule is O=C(OCOc1ccc2c(c1)[C@]13CCCC[C@@H]1[C@H](C2)NCC3)C12CC3CC(CC(C3)C1)C2.O=CC(F)(F)F. The molecule has 5 nitrogen and oxygen atoms in total. The second-order valence-corrected chi connectivity index (χ2v) is 12.9. The van der Waals surface area contributed by atoms with Gasteiger partial charge in [0, 0.05) is 11.5 Å². The third-order valence-electron chi connectivity index (χ3n) is 10.6. The van der Waals surface area contributed by atoms with Crippen molar-refractivity contribution < 1.29 is 32.2 Å². The fourth-order valence-electron chi connectivity index (χ4n) is 9.66. The zero-order chi connectivity index (χ0) is 26.5. The third kappa shape index (κ3) is 4.75. The molecule has 208 valence electrons. The number of alkyl halides is 3. The molecule has 1 N–H and O–H groups in total. The van der Waals surface area contributed by atoms with Crippen molar-refractivity contribution in [2.75, 3.05) is 13.3 Å². The van der Waals surface area contributed by atoms with Crippen molar-refractivity contribution in [1.29, 1.82) is 0 Å². The fraction of sp³-hybridized carbons (Fsp3) is 0.733. The Morgan fingerprint density at radius 3 is 2.39 bits per heavy atom. The Bertz CT molecular complexity index is 1030. The normalized spacial score (nSPS) is 38.2. The Hall–Kier alpha value is -2.09. The molecule has 8 rings (SSSR count). The highest BCUT2D eigenvalue weighted by Gasteiger charge is 2.56. The van der Waals surface area contributed by atoms with Crippen molar-refractivity contribution >= 4 is 12.3 Å². The van der Waals surface area contributed by atoms with Gasteiger partial charge < -0.3 is 14.8 Å². The number of carbonyl (C=O) groups excluding carboxylic acids is 2. The molecule has 8 heteroatoms. The van der Waals surface area contributed by atoms with E-state index >= 15 is 0 Å². The molecule has 38 heavy (non-hydrogen) atoms. The molecule has 1 aliphatic heterocycles. The minimum absolute atomic E-state index is 0.0155. The molecule has 6 aliphatic carbocycles. The van der Waals surface area contributed by atoms with E-state index in [0.29, 0.717) is 11.5 Å². The summed E-state index contributed by atoms with van der Waals surface area (Å²) < 4.78 is 43.1. The molecule has 0 spiro atoms. The van der Waals surface area contributed by atoms with Crippen LogP contribution < -0.4 is 10.1 Å². The number of fused-ring (bicyclic) bond motifs is 1. The number of hydrogen-bond acceptors (Lipinski definition) is 5. The quantitative estimate of drug-likeness (QED) is 0.298. The van der Waals surface area contributed by atoms with E-state index in [9.17, 15) is 18.0 Å². The minimum Gasteiger partial charge on any atom is -0.457 e. The first-order valence-electron chi connectivity index (χ1n) is 14.4. The third-order valence-corrected chi connectivity index (χ3v) is 10.6. The maximum atomic E-state index is 13.1. The van der Waals surface area contributed by atoms with Crippen LogP contribution >= 0.6 is 0 Å². The number of nitrogens with one attached hydrogen (secondary N) is 1. The highest BCUT2D eigenvalue weighted by atomic mass is 19.4. The number of ether oxygens (including phenoxy) is 2. The number of halogens is 3. The number of carbonyl (C=O) groups is 2. The van der Waals surface area contributed by atoms with Crippen LogP contribution in [0.1, 0.15) is 81.8 Å². The van der Waals surface area contributed by atoms with Crippen molar-refractivity contribution in [2.45, 2.75) is 94.7 Å². The minimum atomic E-state index is -4.64. The Morgan fingerprint density at radius 1 is 1.05 bits per heavy atom. The van der Waals surface area contributed by atoms with E-state index in [0.717, 1.165) is 61.6 Å². The second kappa shape index (κ2) is 9.83. The lowest BCUT2D eigenvalue weighted by atomic mass is 9.49. The van der Waals surface area contributed by atoms with E-state index in [1.54, 1.807) is 0 Å². The summed E-state index contributed by atoms with van der Waals surface area (Å²) in [7, 11) is 0. The fourth-order valence-corrected chi connectivity index (χ4v) is 9.66. The van der Waals surface area contributed by atoms with E-state index in [-0.39, 0.29) is 18.2 Å². The summed E-state index contributed by atoms with van der Waals surface area (Å²) in [5.74, 6) is 3.92. The summed E-state index contributed by atoms with van der Waals surface area (Å²) in [5.41, 5.74) is 3.16. The van der Waals surface area contributed by atoms with Gasteiger partial charge in [0.1, 0.15) is 5.75 Å². The van der Waals surface area contributed by atoms with Gasteiger partial charge in [-0.3, -0.25) is 9.59 Å². The van der Waals surface area contributed by atoms with Crippen molar-refractivity contribution in [1.82, 2.24) is 5.32 Å². The van der Waals surface area contributed by atoms with Crippen LogP contribution in [0, 0.1) is 29.1 Å². The molecular weight excluding hydrogens is 495 g/mol. The number of esters is 1. The Balaban J connectivity index is 0.000000399. The van der Waals surface area contributed by atoms with Gasteiger partial charge in [0.25, 0.3) is 0 Å². The standard InChI is InChI=1S/C28H37NO3.C2HF3O/c30-26(27-14-18-9-19(15-27)11-20(10-18)16-27)32-17-31-22-5-4-21-12-25-23-3-1-2-6-28(23,7-8-29-25)24(21)13-22;3-2(4,5)1-6/h4-5,13,18-20,23,25,29H,1-3,6-12,14-17H2;1H/t18?,19?,20?,23-,25+,27?,28+;/m1./s1. The number of benzene rings is 1. The maximum Gasteiger partial charge on any atom is 0.446 e. The summed E-state index contributed by atoms with van der Waals surface area (Å²) in [6, 6.07) is 7.31. The highest BCUT2D eigenvalue weighted by Crippen LogP contribution is 2.60. The van der Waals surface area contributed by atoms with Crippen LogP contribution in [0.4, 0.5) is 13.2 Å². The molecule has 1 aromatic carbocycles. The monoisotopic (exact) mass is 533 g/mol. The zero-order valence-corrected chi connectivity index (χ0v) is 21.9. The van der Waals surface area contributed by atoms with Gasteiger partial charge in [-0.25, -0.2) is 0 Å². The van der Waals surface area contributed by atoms with Crippen LogP contribution in [-0.4, -0.2) is 37.8 Å². The summed E-state index contributed by atoms with van der Waals surface area (Å²) in [4.78, 5) is 21.8. The molecule has 1 heterocycles. The van der Waals surface area contributed by atoms with E-state index < -0.39 is 12.5 Å². The molecule has 6 bridgehead atoms. The lowest BCUT2D eigenvalue weighted by Gasteiger charge is -2.56. The molecule has 5 saturated carbocycles. The molecule has 7 aliphatic rings. The van der Waals surface area contributed by atoms with E-state index in [1.165, 1.54) is 62.5 Å².